The van der Waals surface area contributed by atoms with E-state index in [0.29, 0.717) is 22.2 Å². The Balaban J connectivity index is 2.08. The molecule has 1 aromatic carbocycles. The van der Waals surface area contributed by atoms with Gasteiger partial charge < -0.3 is 10.2 Å². The second-order valence-corrected chi connectivity index (χ2v) is 5.59. The van der Waals surface area contributed by atoms with Crippen LogP contribution in [0.3, 0.4) is 0 Å². The summed E-state index contributed by atoms with van der Waals surface area (Å²) < 4.78 is 5.35. The predicted octanol–water partition coefficient (Wildman–Crippen LogP) is 2.72. The Hall–Kier alpha value is -1.63. The zero-order valence-electron chi connectivity index (χ0n) is 10.8. The highest BCUT2D eigenvalue weighted by molar-refractivity contribution is 7.98. The standard InChI is InChI=1S/C13H14ClN3O2S/c1-7-8(4-12(19-7)13(18)17-16)6-20-9-2-3-11(15)10(14)5-9/h2-5H,6,15-16H2,1H3,(H,17,18). The minimum absolute atomic E-state index is 0.205. The molecule has 1 aromatic heterocycles. The molecule has 1 amide bonds. The van der Waals surface area contributed by atoms with E-state index in [1.807, 2.05) is 17.6 Å². The maximum atomic E-state index is 11.4. The lowest BCUT2D eigenvalue weighted by Gasteiger charge is -2.03. The van der Waals surface area contributed by atoms with Gasteiger partial charge in [-0.25, -0.2) is 5.84 Å². The molecule has 0 aliphatic rings. The number of hydrogen-bond donors (Lipinski definition) is 3. The van der Waals surface area contributed by atoms with E-state index in [0.717, 1.165) is 10.5 Å². The largest absolute Gasteiger partial charge is 0.456 e. The summed E-state index contributed by atoms with van der Waals surface area (Å²) in [6.07, 6.45) is 0. The highest BCUT2D eigenvalue weighted by Gasteiger charge is 2.13. The number of nitrogens with two attached hydrogens (primary N) is 2. The van der Waals surface area contributed by atoms with Gasteiger partial charge in [0.1, 0.15) is 5.76 Å². The summed E-state index contributed by atoms with van der Waals surface area (Å²) in [6, 6.07) is 7.16. The van der Waals surface area contributed by atoms with E-state index in [1.54, 1.807) is 30.8 Å². The molecule has 5 nitrogen and oxygen atoms in total. The molecule has 1 heterocycles. The van der Waals surface area contributed by atoms with Crippen LogP contribution in [0.15, 0.2) is 33.6 Å². The number of halogens is 1. The van der Waals surface area contributed by atoms with Gasteiger partial charge in [0.2, 0.25) is 0 Å². The average molecular weight is 312 g/mol. The number of amides is 1. The molecule has 0 fully saturated rings. The number of hydrazine groups is 1. The minimum Gasteiger partial charge on any atom is -0.456 e. The molecule has 0 unspecified atom stereocenters. The quantitative estimate of drug-likeness (QED) is 0.265. The third-order valence-corrected chi connectivity index (χ3v) is 4.11. The van der Waals surface area contributed by atoms with E-state index in [-0.39, 0.29) is 5.76 Å². The second-order valence-electron chi connectivity index (χ2n) is 4.14. The maximum absolute atomic E-state index is 11.4. The molecular formula is C13H14ClN3O2S. The third-order valence-electron chi connectivity index (χ3n) is 2.74. The first kappa shape index (κ1) is 14.8. The fourth-order valence-corrected chi connectivity index (χ4v) is 2.82. The fraction of sp³-hybridized carbons (Fsp3) is 0.154. The van der Waals surface area contributed by atoms with E-state index in [1.165, 1.54) is 0 Å². The van der Waals surface area contributed by atoms with Gasteiger partial charge in [0.25, 0.3) is 0 Å². The molecule has 0 aliphatic heterocycles. The molecule has 20 heavy (non-hydrogen) atoms. The smallest absolute Gasteiger partial charge is 0.300 e. The number of hydrogen-bond acceptors (Lipinski definition) is 5. The molecule has 106 valence electrons. The van der Waals surface area contributed by atoms with E-state index in [4.69, 9.17) is 27.6 Å². The number of rotatable bonds is 4. The van der Waals surface area contributed by atoms with E-state index < -0.39 is 5.91 Å². The van der Waals surface area contributed by atoms with Crippen LogP contribution in [0.25, 0.3) is 0 Å². The lowest BCUT2D eigenvalue weighted by molar-refractivity contribution is 0.0924. The normalized spacial score (nSPS) is 10.6. The van der Waals surface area contributed by atoms with Crippen LogP contribution in [0.1, 0.15) is 21.9 Å². The number of thioether (sulfide) groups is 1. The molecule has 0 atom stereocenters. The Bertz CT molecular complexity index is 643. The Morgan fingerprint density at radius 1 is 1.45 bits per heavy atom. The number of carbonyl (C=O) groups excluding carboxylic acids is 1. The lowest BCUT2D eigenvalue weighted by atomic mass is 10.3. The van der Waals surface area contributed by atoms with Crippen molar-refractivity contribution < 1.29 is 9.21 Å². The number of nitrogen functional groups attached to an aromatic ring is 2. The third kappa shape index (κ3) is 3.27. The maximum Gasteiger partial charge on any atom is 0.300 e. The molecule has 0 radical (unpaired) electrons. The summed E-state index contributed by atoms with van der Waals surface area (Å²) in [5.41, 5.74) is 9.18. The zero-order chi connectivity index (χ0) is 14.7. The van der Waals surface area contributed by atoms with Crippen molar-refractivity contribution in [1.29, 1.82) is 0 Å². The van der Waals surface area contributed by atoms with Crippen LogP contribution in [0.2, 0.25) is 5.02 Å². The van der Waals surface area contributed by atoms with Crippen molar-refractivity contribution in [2.24, 2.45) is 5.84 Å². The number of benzene rings is 1. The first-order chi connectivity index (χ1) is 9.51. The summed E-state index contributed by atoms with van der Waals surface area (Å²) in [4.78, 5) is 12.4. The van der Waals surface area contributed by atoms with Gasteiger partial charge in [-0.05, 0) is 31.2 Å². The second kappa shape index (κ2) is 6.21. The van der Waals surface area contributed by atoms with E-state index in [2.05, 4.69) is 0 Å². The van der Waals surface area contributed by atoms with Crippen LogP contribution in [-0.4, -0.2) is 5.91 Å². The van der Waals surface area contributed by atoms with Gasteiger partial charge in [-0.15, -0.1) is 11.8 Å². The van der Waals surface area contributed by atoms with E-state index in [9.17, 15) is 4.79 Å². The molecule has 2 rings (SSSR count). The Morgan fingerprint density at radius 3 is 2.85 bits per heavy atom. The summed E-state index contributed by atoms with van der Waals surface area (Å²) in [6.45, 7) is 1.80. The number of furan rings is 1. The van der Waals surface area contributed by atoms with Crippen molar-refractivity contribution in [2.45, 2.75) is 17.6 Å². The Labute approximate surface area is 125 Å². The van der Waals surface area contributed by atoms with Crippen LogP contribution < -0.4 is 17.0 Å². The lowest BCUT2D eigenvalue weighted by Crippen LogP contribution is -2.29. The van der Waals surface area contributed by atoms with Gasteiger partial charge in [0.15, 0.2) is 5.76 Å². The summed E-state index contributed by atoms with van der Waals surface area (Å²) in [5, 5.41) is 0.530. The van der Waals surface area contributed by atoms with Crippen molar-refractivity contribution in [3.63, 3.8) is 0 Å². The van der Waals surface area contributed by atoms with E-state index >= 15 is 0 Å². The van der Waals surface area contributed by atoms with Crippen molar-refractivity contribution in [1.82, 2.24) is 5.43 Å². The number of carbonyl (C=O) groups is 1. The summed E-state index contributed by atoms with van der Waals surface area (Å²) >= 11 is 7.55. The average Bonchev–Trinajstić information content (AvgIpc) is 2.80. The highest BCUT2D eigenvalue weighted by atomic mass is 35.5. The van der Waals surface area contributed by atoms with Crippen LogP contribution in [0.5, 0.6) is 0 Å². The monoisotopic (exact) mass is 311 g/mol. The van der Waals surface area contributed by atoms with Crippen LogP contribution in [0.4, 0.5) is 5.69 Å². The van der Waals surface area contributed by atoms with Gasteiger partial charge in [-0.2, -0.15) is 0 Å². The molecule has 0 saturated heterocycles. The van der Waals surface area contributed by atoms with Gasteiger partial charge in [-0.1, -0.05) is 11.6 Å². The highest BCUT2D eigenvalue weighted by Crippen LogP contribution is 2.30. The fourth-order valence-electron chi connectivity index (χ4n) is 1.60. The molecule has 0 bridgehead atoms. The van der Waals surface area contributed by atoms with Crippen molar-refractivity contribution in [3.8, 4) is 0 Å². The number of aryl methyl sites for hydroxylation is 1. The molecule has 0 aliphatic carbocycles. The van der Waals surface area contributed by atoms with Crippen LogP contribution in [-0.2, 0) is 5.75 Å². The minimum atomic E-state index is -0.445. The molecular weight excluding hydrogens is 298 g/mol. The molecule has 7 heteroatoms. The van der Waals surface area contributed by atoms with Gasteiger partial charge in [0, 0.05) is 16.2 Å². The van der Waals surface area contributed by atoms with Gasteiger partial charge >= 0.3 is 5.91 Å². The van der Waals surface area contributed by atoms with Gasteiger partial charge in [0.05, 0.1) is 10.7 Å². The molecule has 0 spiro atoms. The van der Waals surface area contributed by atoms with Crippen molar-refractivity contribution in [2.75, 3.05) is 5.73 Å². The molecule has 5 N–H and O–H groups in total. The molecule has 0 saturated carbocycles. The summed E-state index contributed by atoms with van der Waals surface area (Å²) in [7, 11) is 0. The van der Waals surface area contributed by atoms with Gasteiger partial charge in [-0.3, -0.25) is 10.2 Å². The molecule has 2 aromatic rings. The topological polar surface area (TPSA) is 94.3 Å². The SMILES string of the molecule is Cc1oc(C(=O)NN)cc1CSc1ccc(N)c(Cl)c1. The van der Waals surface area contributed by atoms with Crippen molar-refractivity contribution >= 4 is 35.0 Å². The number of nitrogens with one attached hydrogen (secondary N) is 1. The first-order valence-corrected chi connectivity index (χ1v) is 7.15. The predicted molar refractivity (Wildman–Crippen MR) is 80.5 cm³/mol. The summed E-state index contributed by atoms with van der Waals surface area (Å²) in [5.74, 6) is 6.18. The number of anilines is 1. The van der Waals surface area contributed by atoms with Crippen LogP contribution >= 0.6 is 23.4 Å². The zero-order valence-corrected chi connectivity index (χ0v) is 12.3. The Morgan fingerprint density at radius 2 is 2.20 bits per heavy atom. The van der Waals surface area contributed by atoms with Crippen molar-refractivity contribution in [3.05, 3.63) is 46.4 Å². The Kier molecular flexibility index (Phi) is 4.59. The first-order valence-electron chi connectivity index (χ1n) is 5.79. The van der Waals surface area contributed by atoms with Crippen LogP contribution in [0, 0.1) is 6.92 Å².